The molecule has 288 valence electrons. The monoisotopic (exact) mass is 770 g/mol. The summed E-state index contributed by atoms with van der Waals surface area (Å²) in [4.78, 5) is 32.0. The van der Waals surface area contributed by atoms with E-state index in [1.54, 1.807) is 12.1 Å². The van der Waals surface area contributed by atoms with Crippen molar-refractivity contribution in [1.29, 1.82) is 5.26 Å². The molecule has 4 bridgehead atoms. The van der Waals surface area contributed by atoms with Gasteiger partial charge in [-0.05, 0) is 68.1 Å². The summed E-state index contributed by atoms with van der Waals surface area (Å²) in [5.41, 5.74) is 4.41. The lowest BCUT2D eigenvalue weighted by Gasteiger charge is -2.62. The van der Waals surface area contributed by atoms with Crippen LogP contribution in [0.1, 0.15) is 68.8 Å². The number of aromatic hydroxyl groups is 2. The lowest BCUT2D eigenvalue weighted by atomic mass is 9.71. The van der Waals surface area contributed by atoms with Crippen molar-refractivity contribution in [2.75, 3.05) is 47.0 Å². The highest BCUT2D eigenvalue weighted by Crippen LogP contribution is 2.64. The molecule has 3 aromatic carbocycles. The molecule has 3 N–H and O–H groups in total. The molecule has 7 aliphatic rings. The first-order valence-electron chi connectivity index (χ1n) is 18.3. The molecule has 0 radical (unpaired) electrons. The highest BCUT2D eigenvalue weighted by molar-refractivity contribution is 7.99. The molecule has 0 aliphatic carbocycles. The minimum Gasteiger partial charge on any atom is -0.504 e. The van der Waals surface area contributed by atoms with Crippen molar-refractivity contribution >= 4 is 23.7 Å². The first-order chi connectivity index (χ1) is 26.4. The van der Waals surface area contributed by atoms with Gasteiger partial charge in [-0.15, -0.1) is 11.8 Å². The average Bonchev–Trinajstić information content (AvgIpc) is 3.65. The van der Waals surface area contributed by atoms with Gasteiger partial charge in [0, 0.05) is 53.6 Å². The van der Waals surface area contributed by atoms with Gasteiger partial charge in [-0.25, -0.2) is 4.79 Å². The number of carbonyl (C=O) groups is 2. The number of esters is 2. The first-order valence-corrected chi connectivity index (χ1v) is 19.4. The Morgan fingerprint density at radius 3 is 2.56 bits per heavy atom. The molecule has 10 rings (SSSR count). The number of fused-ring (bicyclic) bond motifs is 9. The second-order valence-corrected chi connectivity index (χ2v) is 16.2. The minimum absolute atomic E-state index is 0.0239. The van der Waals surface area contributed by atoms with E-state index in [0.29, 0.717) is 70.2 Å². The van der Waals surface area contributed by atoms with Gasteiger partial charge in [0.1, 0.15) is 18.4 Å². The van der Waals surface area contributed by atoms with Gasteiger partial charge in [-0.3, -0.25) is 19.9 Å². The van der Waals surface area contributed by atoms with Crippen LogP contribution in [0.3, 0.4) is 0 Å². The number of methoxy groups -OCH3 is 2. The first kappa shape index (κ1) is 35.8. The van der Waals surface area contributed by atoms with Crippen LogP contribution in [0.4, 0.5) is 0 Å². The molecule has 7 aliphatic heterocycles. The second kappa shape index (κ2) is 12.8. The lowest BCUT2D eigenvalue weighted by molar-refractivity contribution is -0.157. The largest absolute Gasteiger partial charge is 0.504 e. The number of thioether (sulfide) groups is 1. The fraction of sp³-hybridized carbons (Fsp3) is 0.475. The van der Waals surface area contributed by atoms with Crippen LogP contribution < -0.4 is 29.0 Å². The zero-order valence-electron chi connectivity index (χ0n) is 31.3. The summed E-state index contributed by atoms with van der Waals surface area (Å²) in [6, 6.07) is 5.28. The van der Waals surface area contributed by atoms with E-state index in [4.69, 9.17) is 28.4 Å². The Morgan fingerprint density at radius 1 is 1.05 bits per heavy atom. The highest BCUT2D eigenvalue weighted by Gasteiger charge is 2.62. The minimum atomic E-state index is -1.36. The summed E-state index contributed by atoms with van der Waals surface area (Å²) in [6.45, 7) is 5.28. The Balaban J connectivity index is 1.33. The molecule has 15 heteroatoms. The van der Waals surface area contributed by atoms with E-state index in [-0.39, 0.29) is 42.4 Å². The van der Waals surface area contributed by atoms with Gasteiger partial charge in [0.05, 0.1) is 37.6 Å². The van der Waals surface area contributed by atoms with Crippen molar-refractivity contribution < 1.29 is 48.2 Å². The lowest BCUT2D eigenvalue weighted by Crippen LogP contribution is -2.69. The third kappa shape index (κ3) is 4.90. The molecule has 14 nitrogen and oxygen atoms in total. The molecule has 0 aromatic heterocycles. The topological polar surface area (TPSA) is 172 Å². The maximum atomic E-state index is 14.7. The molecule has 55 heavy (non-hydrogen) atoms. The Bertz CT molecular complexity index is 2220. The van der Waals surface area contributed by atoms with Crippen LogP contribution in [0.15, 0.2) is 18.2 Å². The number of phenolic OH excluding ortho intramolecular Hbond substituents is 2. The van der Waals surface area contributed by atoms with Crippen LogP contribution in [0.2, 0.25) is 0 Å². The smallest absolute Gasteiger partial charge is 0.331 e. The fourth-order valence-corrected chi connectivity index (χ4v) is 11.9. The molecule has 7 atom stereocenters. The zero-order chi connectivity index (χ0) is 38.7. The molecule has 1 spiro atoms. The third-order valence-electron chi connectivity index (χ3n) is 12.4. The van der Waals surface area contributed by atoms with Crippen LogP contribution >= 0.6 is 11.8 Å². The maximum absolute atomic E-state index is 14.7. The van der Waals surface area contributed by atoms with Crippen molar-refractivity contribution in [1.82, 2.24) is 15.1 Å². The summed E-state index contributed by atoms with van der Waals surface area (Å²) in [5, 5.41) is 36.9. The van der Waals surface area contributed by atoms with Crippen LogP contribution in [0, 0.1) is 25.2 Å². The number of nitrogens with zero attached hydrogens (tertiary/aromatic N) is 3. The number of rotatable bonds is 3. The maximum Gasteiger partial charge on any atom is 0.331 e. The van der Waals surface area contributed by atoms with E-state index in [1.165, 1.54) is 32.9 Å². The highest BCUT2D eigenvalue weighted by atomic mass is 32.2. The van der Waals surface area contributed by atoms with Crippen LogP contribution in [0.25, 0.3) is 0 Å². The van der Waals surface area contributed by atoms with Gasteiger partial charge in [0.25, 0.3) is 0 Å². The van der Waals surface area contributed by atoms with Gasteiger partial charge >= 0.3 is 11.9 Å². The number of nitriles is 1. The molecule has 1 unspecified atom stereocenters. The molecule has 2 fully saturated rings. The van der Waals surface area contributed by atoms with Gasteiger partial charge in [-0.1, -0.05) is 6.07 Å². The number of benzene rings is 3. The number of phenols is 2. The van der Waals surface area contributed by atoms with Crippen molar-refractivity contribution in [2.45, 2.75) is 74.6 Å². The Morgan fingerprint density at radius 2 is 1.84 bits per heavy atom. The van der Waals surface area contributed by atoms with Gasteiger partial charge in [0.2, 0.25) is 6.79 Å². The summed E-state index contributed by atoms with van der Waals surface area (Å²) in [6.07, 6.45) is 1.05. The van der Waals surface area contributed by atoms with Gasteiger partial charge in [-0.2, -0.15) is 5.26 Å². The molecular weight excluding hydrogens is 729 g/mol. The van der Waals surface area contributed by atoms with E-state index in [0.717, 1.165) is 16.7 Å². The van der Waals surface area contributed by atoms with E-state index in [1.807, 2.05) is 27.0 Å². The molecule has 7 heterocycles. The van der Waals surface area contributed by atoms with Gasteiger partial charge < -0.3 is 38.6 Å². The van der Waals surface area contributed by atoms with Crippen molar-refractivity contribution in [2.24, 2.45) is 0 Å². The summed E-state index contributed by atoms with van der Waals surface area (Å²) < 4.78 is 36.1. The SMILES string of the molecule is COc1cc2c(cc1O)CCN[C@]21CS[C@@H]2c3c(OC(C)=O)c(C)c4c(c3[C@H](COC1=O)N1C2[C@@H]2c3c(cc(C)c(OC)c3O)C[C@@H]([C@@H]1C#N)N2C)OCO4. The average molecular weight is 771 g/mol. The summed E-state index contributed by atoms with van der Waals surface area (Å²) in [5.74, 6) is 0.973. The number of likely N-dealkylation sites (N-methyl/N-ethyl adjacent to an activating group) is 1. The Hall–Kier alpha value is -4.88. The molecule has 3 aromatic rings. The molecule has 0 amide bonds. The second-order valence-electron chi connectivity index (χ2n) is 15.1. The van der Waals surface area contributed by atoms with Gasteiger partial charge in [0.15, 0.2) is 40.0 Å². The van der Waals surface area contributed by atoms with E-state index >= 15 is 0 Å². The molecule has 2 saturated heterocycles. The predicted octanol–water partition coefficient (Wildman–Crippen LogP) is 3.99. The number of hydrogen-bond acceptors (Lipinski definition) is 15. The van der Waals surface area contributed by atoms with Crippen molar-refractivity contribution in [3.8, 4) is 46.3 Å². The van der Waals surface area contributed by atoms with E-state index in [9.17, 15) is 25.1 Å². The summed E-state index contributed by atoms with van der Waals surface area (Å²) in [7, 11) is 4.99. The third-order valence-corrected chi connectivity index (χ3v) is 13.9. The molecule has 0 saturated carbocycles. The predicted molar refractivity (Wildman–Crippen MR) is 198 cm³/mol. The van der Waals surface area contributed by atoms with E-state index < -0.39 is 46.9 Å². The number of aryl methyl sites for hydroxylation is 1. The zero-order valence-corrected chi connectivity index (χ0v) is 32.2. The number of piperazine rings is 1. The number of ether oxygens (including phenoxy) is 6. The van der Waals surface area contributed by atoms with Crippen LogP contribution in [-0.4, -0.2) is 97.0 Å². The number of carbonyl (C=O) groups excluding carboxylic acids is 2. The fourth-order valence-electron chi connectivity index (χ4n) is 10.2. The van der Waals surface area contributed by atoms with Crippen molar-refractivity contribution in [3.05, 3.63) is 62.7 Å². The number of hydrogen-bond donors (Lipinski definition) is 3. The van der Waals surface area contributed by atoms with Crippen molar-refractivity contribution in [3.63, 3.8) is 0 Å². The van der Waals surface area contributed by atoms with E-state index in [2.05, 4.69) is 21.2 Å². The Kier molecular flexibility index (Phi) is 8.36. The van der Waals surface area contributed by atoms with Crippen LogP contribution in [-0.2, 0) is 32.7 Å². The Labute approximate surface area is 322 Å². The normalized spacial score (nSPS) is 28.9. The standard InChI is InChI=1S/C40H42N4O10S/c1-17-9-21-10-23-24(13-41)44-25-14-51-39(48)40(22-12-27(49-5)26(46)11-20(22)7-8-42-40)15-55-38(32(44)31(43(23)4)28(21)33(47)34(17)50-6)30-29(25)37-36(52-16-53-37)18(2)35(30)54-19(3)45/h9,11-12,23-25,31-32,38,42,46-47H,7-8,10,14-16H2,1-6H3/t23-,24-,25-,31-,32?,38+,40+/m0/s1. The quantitative estimate of drug-likeness (QED) is 0.258. The van der Waals surface area contributed by atoms with Crippen LogP contribution in [0.5, 0.6) is 40.2 Å². The molecular formula is C40H42N4O10S. The number of nitrogens with one attached hydrogen (secondary N) is 1. The summed E-state index contributed by atoms with van der Waals surface area (Å²) >= 11 is 1.48.